The summed E-state index contributed by atoms with van der Waals surface area (Å²) in [7, 11) is 0. The van der Waals surface area contributed by atoms with E-state index < -0.39 is 0 Å². The predicted molar refractivity (Wildman–Crippen MR) is 60.5 cm³/mol. The molecule has 0 saturated carbocycles. The summed E-state index contributed by atoms with van der Waals surface area (Å²) in [5, 5.41) is 0. The van der Waals surface area contributed by atoms with Crippen molar-refractivity contribution in [2.24, 2.45) is 5.41 Å². The van der Waals surface area contributed by atoms with Crippen molar-refractivity contribution in [2.45, 2.75) is 33.7 Å². The predicted octanol–water partition coefficient (Wildman–Crippen LogP) is 2.62. The third-order valence-corrected chi connectivity index (χ3v) is 2.23. The Kier molecular flexibility index (Phi) is 3.45. The van der Waals surface area contributed by atoms with Gasteiger partial charge in [-0.15, -0.1) is 0 Å². The van der Waals surface area contributed by atoms with Crippen molar-refractivity contribution in [1.82, 2.24) is 9.55 Å². The lowest BCUT2D eigenvalue weighted by Gasteiger charge is -2.23. The zero-order valence-electron chi connectivity index (χ0n) is 9.77. The Balaban J connectivity index is 2.99. The summed E-state index contributed by atoms with van der Waals surface area (Å²) in [6.07, 6.45) is 8.97. The number of Topliss-reactive ketones (excluding diaryl/α,β-unsaturated/α-hetero) is 1. The van der Waals surface area contributed by atoms with Crippen molar-refractivity contribution in [3.8, 4) is 0 Å². The minimum atomic E-state index is -0.339. The van der Waals surface area contributed by atoms with Gasteiger partial charge in [0.15, 0.2) is 5.78 Å². The van der Waals surface area contributed by atoms with Gasteiger partial charge in [-0.3, -0.25) is 4.79 Å². The quantitative estimate of drug-likeness (QED) is 0.712. The molecule has 0 radical (unpaired) electrons. The fraction of sp³-hybridized carbons (Fsp3) is 0.500. The summed E-state index contributed by atoms with van der Waals surface area (Å²) in [6, 6.07) is -0.238. The third-order valence-electron chi connectivity index (χ3n) is 2.23. The molecule has 15 heavy (non-hydrogen) atoms. The average molecular weight is 206 g/mol. The summed E-state index contributed by atoms with van der Waals surface area (Å²) in [4.78, 5) is 16.1. The van der Waals surface area contributed by atoms with Crippen molar-refractivity contribution in [3.63, 3.8) is 0 Å². The molecule has 0 saturated heterocycles. The van der Waals surface area contributed by atoms with E-state index in [4.69, 9.17) is 0 Å². The minimum absolute atomic E-state index is 0.193. The van der Waals surface area contributed by atoms with Crippen LogP contribution < -0.4 is 0 Å². The van der Waals surface area contributed by atoms with E-state index in [1.54, 1.807) is 12.5 Å². The summed E-state index contributed by atoms with van der Waals surface area (Å²) in [5.41, 5.74) is -0.339. The van der Waals surface area contributed by atoms with Gasteiger partial charge in [0.05, 0.1) is 6.33 Å². The zero-order chi connectivity index (χ0) is 11.5. The maximum absolute atomic E-state index is 12.2. The van der Waals surface area contributed by atoms with Gasteiger partial charge in [-0.25, -0.2) is 4.98 Å². The van der Waals surface area contributed by atoms with Crippen LogP contribution in [0.2, 0.25) is 0 Å². The lowest BCUT2D eigenvalue weighted by Crippen LogP contribution is -2.28. The first-order valence-electron chi connectivity index (χ1n) is 5.11. The Labute approximate surface area is 90.8 Å². The van der Waals surface area contributed by atoms with Gasteiger partial charge >= 0.3 is 0 Å². The van der Waals surface area contributed by atoms with Gasteiger partial charge in [0, 0.05) is 17.8 Å². The summed E-state index contributed by atoms with van der Waals surface area (Å²) >= 11 is 0. The first-order valence-corrected chi connectivity index (χ1v) is 5.11. The zero-order valence-corrected chi connectivity index (χ0v) is 9.77. The molecular weight excluding hydrogens is 188 g/mol. The van der Waals surface area contributed by atoms with Crippen LogP contribution in [0.15, 0.2) is 30.9 Å². The number of carbonyl (C=O) groups excluding carboxylic acids is 1. The standard InChI is InChI=1S/C12H18N2O/c1-5-6-10(11(15)12(2,3)4)14-8-7-13-9-14/h5-10H,1-4H3. The molecule has 0 bridgehead atoms. The highest BCUT2D eigenvalue weighted by Gasteiger charge is 2.28. The highest BCUT2D eigenvalue weighted by atomic mass is 16.1. The number of nitrogens with zero attached hydrogens (tertiary/aromatic N) is 2. The van der Waals surface area contributed by atoms with Gasteiger partial charge in [-0.05, 0) is 6.92 Å². The van der Waals surface area contributed by atoms with Gasteiger partial charge in [0.1, 0.15) is 6.04 Å². The Morgan fingerprint density at radius 2 is 2.13 bits per heavy atom. The lowest BCUT2D eigenvalue weighted by atomic mass is 9.86. The van der Waals surface area contributed by atoms with Crippen molar-refractivity contribution < 1.29 is 4.79 Å². The van der Waals surface area contributed by atoms with Gasteiger partial charge in [0.2, 0.25) is 0 Å². The number of imidazole rings is 1. The second-order valence-electron chi connectivity index (χ2n) is 4.59. The van der Waals surface area contributed by atoms with Crippen LogP contribution in [0, 0.1) is 5.41 Å². The minimum Gasteiger partial charge on any atom is -0.323 e. The molecule has 0 spiro atoms. The van der Waals surface area contributed by atoms with Crippen LogP contribution in [-0.4, -0.2) is 15.3 Å². The molecular formula is C12H18N2O. The molecule has 82 valence electrons. The Bertz CT molecular complexity index is 344. The number of aromatic nitrogens is 2. The van der Waals surface area contributed by atoms with E-state index in [0.29, 0.717) is 0 Å². The molecule has 1 rings (SSSR count). The van der Waals surface area contributed by atoms with Gasteiger partial charge in [0.25, 0.3) is 0 Å². The first-order chi connectivity index (χ1) is 6.96. The molecule has 0 aliphatic heterocycles. The molecule has 0 aliphatic carbocycles. The number of rotatable bonds is 3. The topological polar surface area (TPSA) is 34.9 Å². The Morgan fingerprint density at radius 3 is 2.53 bits per heavy atom. The molecule has 1 heterocycles. The van der Waals surface area contributed by atoms with Crippen molar-refractivity contribution in [3.05, 3.63) is 30.9 Å². The van der Waals surface area contributed by atoms with E-state index in [1.807, 2.05) is 50.6 Å². The van der Waals surface area contributed by atoms with E-state index in [1.165, 1.54) is 0 Å². The molecule has 3 heteroatoms. The number of ketones is 1. The number of hydrogen-bond donors (Lipinski definition) is 0. The molecule has 1 aromatic heterocycles. The number of hydrogen-bond acceptors (Lipinski definition) is 2. The van der Waals surface area contributed by atoms with Crippen LogP contribution in [0.1, 0.15) is 33.7 Å². The van der Waals surface area contributed by atoms with E-state index in [-0.39, 0.29) is 17.2 Å². The maximum atomic E-state index is 12.2. The molecule has 0 N–H and O–H groups in total. The van der Waals surface area contributed by atoms with Gasteiger partial charge < -0.3 is 4.57 Å². The Morgan fingerprint density at radius 1 is 1.47 bits per heavy atom. The fourth-order valence-corrected chi connectivity index (χ4v) is 1.38. The second-order valence-corrected chi connectivity index (χ2v) is 4.59. The average Bonchev–Trinajstić information content (AvgIpc) is 2.64. The monoisotopic (exact) mass is 206 g/mol. The fourth-order valence-electron chi connectivity index (χ4n) is 1.38. The number of allylic oxidation sites excluding steroid dienone is 2. The van der Waals surface area contributed by atoms with Crippen LogP contribution >= 0.6 is 0 Å². The van der Waals surface area contributed by atoms with Crippen LogP contribution in [0.3, 0.4) is 0 Å². The summed E-state index contributed by atoms with van der Waals surface area (Å²) in [5.74, 6) is 0.193. The largest absolute Gasteiger partial charge is 0.323 e. The van der Waals surface area contributed by atoms with E-state index in [2.05, 4.69) is 4.98 Å². The molecule has 1 unspecified atom stereocenters. The van der Waals surface area contributed by atoms with Gasteiger partial charge in [-0.2, -0.15) is 0 Å². The van der Waals surface area contributed by atoms with E-state index in [0.717, 1.165) is 0 Å². The highest BCUT2D eigenvalue weighted by molar-refractivity contribution is 5.88. The van der Waals surface area contributed by atoms with Crippen LogP contribution in [-0.2, 0) is 4.79 Å². The first kappa shape index (κ1) is 11.7. The molecule has 0 aromatic carbocycles. The molecule has 3 nitrogen and oxygen atoms in total. The molecule has 0 amide bonds. The molecule has 0 aliphatic rings. The van der Waals surface area contributed by atoms with Crippen molar-refractivity contribution in [2.75, 3.05) is 0 Å². The summed E-state index contributed by atoms with van der Waals surface area (Å²) in [6.45, 7) is 7.72. The maximum Gasteiger partial charge on any atom is 0.164 e. The Hall–Kier alpha value is -1.38. The van der Waals surface area contributed by atoms with Crippen LogP contribution in [0.5, 0.6) is 0 Å². The smallest absolute Gasteiger partial charge is 0.164 e. The third kappa shape index (κ3) is 2.78. The van der Waals surface area contributed by atoms with E-state index >= 15 is 0 Å². The van der Waals surface area contributed by atoms with Crippen molar-refractivity contribution >= 4 is 5.78 Å². The molecule has 1 aromatic rings. The van der Waals surface area contributed by atoms with Crippen molar-refractivity contribution in [1.29, 1.82) is 0 Å². The van der Waals surface area contributed by atoms with Crippen LogP contribution in [0.4, 0.5) is 0 Å². The molecule has 1 atom stereocenters. The van der Waals surface area contributed by atoms with E-state index in [9.17, 15) is 4.79 Å². The molecule has 0 fully saturated rings. The number of carbonyl (C=O) groups is 1. The highest BCUT2D eigenvalue weighted by Crippen LogP contribution is 2.24. The summed E-state index contributed by atoms with van der Waals surface area (Å²) < 4.78 is 1.83. The lowest BCUT2D eigenvalue weighted by molar-refractivity contribution is -0.128. The second kappa shape index (κ2) is 4.43. The van der Waals surface area contributed by atoms with Gasteiger partial charge in [-0.1, -0.05) is 32.9 Å². The SMILES string of the molecule is CC=CC(C(=O)C(C)(C)C)n1ccnc1. The normalized spacial score (nSPS) is 14.4. The van der Waals surface area contributed by atoms with Crippen LogP contribution in [0.25, 0.3) is 0 Å².